The minimum absolute atomic E-state index is 0.629. The molecule has 0 amide bonds. The fourth-order valence-corrected chi connectivity index (χ4v) is 2.89. The lowest BCUT2D eigenvalue weighted by Crippen LogP contribution is -2.26. The Morgan fingerprint density at radius 1 is 1.40 bits per heavy atom. The molecule has 1 aromatic rings. The van der Waals surface area contributed by atoms with Gasteiger partial charge in [-0.1, -0.05) is 24.3 Å². The SMILES string of the molecule is C=C1CC=CC2Cc3occ(C)c3CC12. The Labute approximate surface area is 90.5 Å². The summed E-state index contributed by atoms with van der Waals surface area (Å²) < 4.78 is 5.61. The van der Waals surface area contributed by atoms with Crippen LogP contribution in [0.15, 0.2) is 35.0 Å². The van der Waals surface area contributed by atoms with Crippen molar-refractivity contribution in [2.45, 2.75) is 26.2 Å². The van der Waals surface area contributed by atoms with Gasteiger partial charge in [-0.15, -0.1) is 0 Å². The quantitative estimate of drug-likeness (QED) is 0.585. The van der Waals surface area contributed by atoms with E-state index in [-0.39, 0.29) is 0 Å². The van der Waals surface area contributed by atoms with E-state index in [2.05, 4.69) is 25.7 Å². The summed E-state index contributed by atoms with van der Waals surface area (Å²) in [6.07, 6.45) is 9.75. The van der Waals surface area contributed by atoms with Gasteiger partial charge in [-0.2, -0.15) is 0 Å². The van der Waals surface area contributed by atoms with E-state index in [1.54, 1.807) is 0 Å². The zero-order chi connectivity index (χ0) is 10.4. The van der Waals surface area contributed by atoms with Gasteiger partial charge in [0.2, 0.25) is 0 Å². The molecule has 1 heterocycles. The van der Waals surface area contributed by atoms with Crippen LogP contribution in [-0.4, -0.2) is 0 Å². The summed E-state index contributed by atoms with van der Waals surface area (Å²) in [6, 6.07) is 0. The predicted molar refractivity (Wildman–Crippen MR) is 60.7 cm³/mol. The molecule has 0 saturated heterocycles. The monoisotopic (exact) mass is 200 g/mol. The Morgan fingerprint density at radius 3 is 3.13 bits per heavy atom. The Bertz CT molecular complexity index is 436. The maximum absolute atomic E-state index is 5.61. The molecule has 2 aliphatic carbocycles. The Morgan fingerprint density at radius 2 is 2.27 bits per heavy atom. The summed E-state index contributed by atoms with van der Waals surface area (Å²) in [5.74, 6) is 2.48. The number of aryl methyl sites for hydroxylation is 1. The number of furan rings is 1. The first-order chi connectivity index (χ1) is 7.25. The van der Waals surface area contributed by atoms with Crippen LogP contribution in [0.3, 0.4) is 0 Å². The van der Waals surface area contributed by atoms with Gasteiger partial charge in [0.15, 0.2) is 0 Å². The first-order valence-corrected chi connectivity index (χ1v) is 5.66. The standard InChI is InChI=1S/C14H16O/c1-9-4-3-5-11-6-14-13(7-12(9)11)10(2)8-15-14/h3,5,8,11-12H,1,4,6-7H2,2H3. The van der Waals surface area contributed by atoms with E-state index in [0.29, 0.717) is 11.8 Å². The second-order valence-electron chi connectivity index (χ2n) is 4.79. The summed E-state index contributed by atoms with van der Waals surface area (Å²) in [4.78, 5) is 0. The minimum Gasteiger partial charge on any atom is -0.469 e. The lowest BCUT2D eigenvalue weighted by molar-refractivity contribution is 0.360. The third kappa shape index (κ3) is 1.30. The van der Waals surface area contributed by atoms with E-state index in [1.807, 2.05) is 6.26 Å². The van der Waals surface area contributed by atoms with Gasteiger partial charge in [-0.25, -0.2) is 0 Å². The predicted octanol–water partition coefficient (Wildman–Crippen LogP) is 3.44. The lowest BCUT2D eigenvalue weighted by Gasteiger charge is -2.33. The highest BCUT2D eigenvalue weighted by Gasteiger charge is 2.32. The average Bonchev–Trinajstić information content (AvgIpc) is 2.59. The van der Waals surface area contributed by atoms with Crippen LogP contribution in [0.2, 0.25) is 0 Å². The summed E-state index contributed by atoms with van der Waals surface area (Å²) in [7, 11) is 0. The fourth-order valence-electron chi connectivity index (χ4n) is 2.89. The van der Waals surface area contributed by atoms with Crippen molar-refractivity contribution in [3.8, 4) is 0 Å². The zero-order valence-electron chi connectivity index (χ0n) is 9.12. The molecule has 2 unspecified atom stereocenters. The summed E-state index contributed by atoms with van der Waals surface area (Å²) in [5.41, 5.74) is 4.15. The van der Waals surface area contributed by atoms with Crippen LogP contribution >= 0.6 is 0 Å². The number of allylic oxidation sites excluding steroid dienone is 3. The van der Waals surface area contributed by atoms with Gasteiger partial charge in [0.25, 0.3) is 0 Å². The maximum atomic E-state index is 5.61. The first kappa shape index (κ1) is 9.02. The number of hydrogen-bond acceptors (Lipinski definition) is 1. The molecule has 0 bridgehead atoms. The van der Waals surface area contributed by atoms with Crippen LogP contribution in [0.4, 0.5) is 0 Å². The molecular weight excluding hydrogens is 184 g/mol. The van der Waals surface area contributed by atoms with Gasteiger partial charge < -0.3 is 4.42 Å². The summed E-state index contributed by atoms with van der Waals surface area (Å²) in [6.45, 7) is 6.35. The molecule has 1 nitrogen and oxygen atoms in total. The number of fused-ring (bicyclic) bond motifs is 2. The first-order valence-electron chi connectivity index (χ1n) is 5.66. The van der Waals surface area contributed by atoms with E-state index in [1.165, 1.54) is 22.5 Å². The molecule has 2 atom stereocenters. The van der Waals surface area contributed by atoms with Crippen molar-refractivity contribution < 1.29 is 4.42 Å². The molecule has 15 heavy (non-hydrogen) atoms. The molecule has 0 radical (unpaired) electrons. The maximum Gasteiger partial charge on any atom is 0.107 e. The highest BCUT2D eigenvalue weighted by Crippen LogP contribution is 2.40. The van der Waals surface area contributed by atoms with E-state index in [0.717, 1.165) is 19.3 Å². The van der Waals surface area contributed by atoms with Crippen molar-refractivity contribution in [1.82, 2.24) is 0 Å². The molecule has 1 aromatic heterocycles. The summed E-state index contributed by atoms with van der Waals surface area (Å²) in [5, 5.41) is 0. The van der Waals surface area contributed by atoms with Crippen molar-refractivity contribution in [1.29, 1.82) is 0 Å². The third-order valence-electron chi connectivity index (χ3n) is 3.84. The van der Waals surface area contributed by atoms with Crippen LogP contribution in [-0.2, 0) is 12.8 Å². The van der Waals surface area contributed by atoms with Gasteiger partial charge in [-0.05, 0) is 42.7 Å². The van der Waals surface area contributed by atoms with Crippen molar-refractivity contribution in [3.05, 3.63) is 47.5 Å². The van der Waals surface area contributed by atoms with Crippen molar-refractivity contribution >= 4 is 0 Å². The number of hydrogen-bond donors (Lipinski definition) is 0. The smallest absolute Gasteiger partial charge is 0.107 e. The third-order valence-corrected chi connectivity index (χ3v) is 3.84. The molecule has 0 spiro atoms. The molecule has 0 fully saturated rings. The lowest BCUT2D eigenvalue weighted by atomic mass is 9.71. The molecule has 0 aliphatic heterocycles. The average molecular weight is 200 g/mol. The molecule has 78 valence electrons. The van der Waals surface area contributed by atoms with E-state index in [9.17, 15) is 0 Å². The Balaban J connectivity index is 2.02. The Hall–Kier alpha value is -1.24. The van der Waals surface area contributed by atoms with Crippen LogP contribution in [0.25, 0.3) is 0 Å². The minimum atomic E-state index is 0.629. The summed E-state index contributed by atoms with van der Waals surface area (Å²) >= 11 is 0. The normalized spacial score (nSPS) is 28.7. The zero-order valence-corrected chi connectivity index (χ0v) is 9.12. The molecule has 2 aliphatic rings. The van der Waals surface area contributed by atoms with E-state index >= 15 is 0 Å². The van der Waals surface area contributed by atoms with E-state index < -0.39 is 0 Å². The molecule has 0 saturated carbocycles. The van der Waals surface area contributed by atoms with Gasteiger partial charge >= 0.3 is 0 Å². The highest BCUT2D eigenvalue weighted by atomic mass is 16.3. The van der Waals surface area contributed by atoms with Crippen LogP contribution in [0, 0.1) is 18.8 Å². The molecule has 3 rings (SSSR count). The molecule has 1 heteroatoms. The fraction of sp³-hybridized carbons (Fsp3) is 0.429. The van der Waals surface area contributed by atoms with Crippen molar-refractivity contribution in [2.24, 2.45) is 11.8 Å². The van der Waals surface area contributed by atoms with Crippen LogP contribution < -0.4 is 0 Å². The van der Waals surface area contributed by atoms with Gasteiger partial charge in [0.1, 0.15) is 5.76 Å². The molecule has 0 N–H and O–H groups in total. The van der Waals surface area contributed by atoms with Crippen molar-refractivity contribution in [2.75, 3.05) is 0 Å². The van der Waals surface area contributed by atoms with Crippen LogP contribution in [0.1, 0.15) is 23.3 Å². The molecular formula is C14H16O. The van der Waals surface area contributed by atoms with Crippen LogP contribution in [0.5, 0.6) is 0 Å². The molecule has 0 aromatic carbocycles. The largest absolute Gasteiger partial charge is 0.469 e. The topological polar surface area (TPSA) is 13.1 Å². The second-order valence-corrected chi connectivity index (χ2v) is 4.79. The van der Waals surface area contributed by atoms with Crippen molar-refractivity contribution in [3.63, 3.8) is 0 Å². The highest BCUT2D eigenvalue weighted by molar-refractivity contribution is 5.34. The number of rotatable bonds is 0. The second kappa shape index (κ2) is 3.13. The van der Waals surface area contributed by atoms with Gasteiger partial charge in [0.05, 0.1) is 6.26 Å². The van der Waals surface area contributed by atoms with Gasteiger partial charge in [-0.3, -0.25) is 0 Å². The van der Waals surface area contributed by atoms with Gasteiger partial charge in [0, 0.05) is 6.42 Å². The van der Waals surface area contributed by atoms with E-state index in [4.69, 9.17) is 4.42 Å². The Kier molecular flexibility index (Phi) is 1.88.